The fourth-order valence-electron chi connectivity index (χ4n) is 8.23. The summed E-state index contributed by atoms with van der Waals surface area (Å²) >= 11 is -1.51. The van der Waals surface area contributed by atoms with E-state index in [-0.39, 0.29) is 40.3 Å². The van der Waals surface area contributed by atoms with Crippen LogP contribution in [0.2, 0.25) is 0 Å². The van der Waals surface area contributed by atoms with E-state index in [1.165, 1.54) is 7.11 Å². The van der Waals surface area contributed by atoms with Crippen molar-refractivity contribution in [3.63, 3.8) is 0 Å². The number of fused-ring (bicyclic) bond motifs is 4. The Morgan fingerprint density at radius 3 is 1.74 bits per heavy atom. The molecular weight excluding hydrogens is 536 g/mol. The Hall–Kier alpha value is -1.94. The molecule has 4 bridgehead atoms. The van der Waals surface area contributed by atoms with Gasteiger partial charge in [0, 0.05) is 11.1 Å². The normalized spacial score (nSPS) is 35.4. The molecule has 0 heterocycles. The van der Waals surface area contributed by atoms with Gasteiger partial charge in [-0.15, -0.1) is 0 Å². The maximum Gasteiger partial charge on any atom is 0.268 e. The molecule has 39 heavy (non-hydrogen) atoms. The van der Waals surface area contributed by atoms with Crippen molar-refractivity contribution in [2.75, 3.05) is 25.7 Å². The summed E-state index contributed by atoms with van der Waals surface area (Å²) in [5.41, 5.74) is 0.808. The molecule has 5 unspecified atom stereocenters. The molecule has 0 radical (unpaired) electrons. The van der Waals surface area contributed by atoms with Gasteiger partial charge in [0.05, 0.1) is 36.6 Å². The summed E-state index contributed by atoms with van der Waals surface area (Å²) in [7, 11) is -1.25. The Morgan fingerprint density at radius 1 is 0.846 bits per heavy atom. The minimum Gasteiger partial charge on any atom is -0.294 e. The second-order valence-electron chi connectivity index (χ2n) is 12.8. The SMILES string of the molecule is COS(=O)CC12CCC(/C(=C\c3ccc(/C=C4/C(=O)C5(CS(=O)(=O)OC)CCC4C5(C)C)cc3)C1=O)C2(C)C. The minimum atomic E-state index is -3.80. The Kier molecular flexibility index (Phi) is 6.81. The monoisotopic (exact) mass is 574 g/mol. The van der Waals surface area contributed by atoms with E-state index < -0.39 is 37.4 Å². The highest BCUT2D eigenvalue weighted by Crippen LogP contribution is 2.67. The predicted molar refractivity (Wildman–Crippen MR) is 151 cm³/mol. The molecule has 0 amide bonds. The molecule has 4 fully saturated rings. The van der Waals surface area contributed by atoms with Crippen LogP contribution in [-0.2, 0) is 39.2 Å². The van der Waals surface area contributed by atoms with Gasteiger partial charge in [-0.3, -0.25) is 18.0 Å². The molecule has 0 N–H and O–H groups in total. The first kappa shape index (κ1) is 28.6. The van der Waals surface area contributed by atoms with E-state index in [0.29, 0.717) is 12.0 Å². The number of carbonyl (C=O) groups excluding carboxylic acids is 2. The van der Waals surface area contributed by atoms with Crippen molar-refractivity contribution in [3.05, 3.63) is 46.5 Å². The van der Waals surface area contributed by atoms with Crippen LogP contribution in [0.25, 0.3) is 12.2 Å². The number of Topliss-reactive ketones (excluding diaryl/α,β-unsaturated/α-hetero) is 2. The number of ketones is 2. The van der Waals surface area contributed by atoms with Crippen molar-refractivity contribution < 1.29 is 30.6 Å². The summed E-state index contributed by atoms with van der Waals surface area (Å²) in [4.78, 5) is 27.3. The molecule has 0 aromatic heterocycles. The van der Waals surface area contributed by atoms with Crippen LogP contribution >= 0.6 is 0 Å². The summed E-state index contributed by atoms with van der Waals surface area (Å²) in [5.74, 6) is -0.00601. The van der Waals surface area contributed by atoms with Crippen molar-refractivity contribution in [2.24, 2.45) is 33.5 Å². The molecule has 5 rings (SSSR count). The first-order valence-electron chi connectivity index (χ1n) is 13.5. The standard InChI is InChI=1S/C30H38O7S2/c1-27(2)23-11-13-29(27,17-38(33)36-5)25(31)21(23)15-19-7-9-20(10-8-19)16-22-24-12-14-30(26(22)32,28(24,3)4)18-39(34,35)37-6/h7-10,15-16,23-24H,11-14,17-18H2,1-6H3/b21-15+,22-16+. The van der Waals surface area contributed by atoms with E-state index >= 15 is 0 Å². The zero-order valence-corrected chi connectivity index (χ0v) is 25.2. The van der Waals surface area contributed by atoms with E-state index in [0.717, 1.165) is 43.1 Å². The molecule has 0 spiro atoms. The van der Waals surface area contributed by atoms with E-state index in [1.54, 1.807) is 0 Å². The molecule has 5 atom stereocenters. The third kappa shape index (κ3) is 4.02. The lowest BCUT2D eigenvalue weighted by atomic mass is 9.70. The second-order valence-corrected chi connectivity index (χ2v) is 15.8. The van der Waals surface area contributed by atoms with E-state index in [1.807, 2.05) is 50.3 Å². The number of benzene rings is 1. The van der Waals surface area contributed by atoms with Gasteiger partial charge in [-0.25, -0.2) is 4.21 Å². The van der Waals surface area contributed by atoms with Crippen molar-refractivity contribution in [1.82, 2.24) is 0 Å². The van der Waals surface area contributed by atoms with Gasteiger partial charge in [0.2, 0.25) is 0 Å². The highest BCUT2D eigenvalue weighted by atomic mass is 32.2. The van der Waals surface area contributed by atoms with Gasteiger partial charge in [0.15, 0.2) is 22.6 Å². The van der Waals surface area contributed by atoms with Gasteiger partial charge in [0.25, 0.3) is 10.1 Å². The number of allylic oxidation sites excluding steroid dienone is 2. The Balaban J connectivity index is 1.42. The molecule has 7 nitrogen and oxygen atoms in total. The molecule has 0 aliphatic heterocycles. The van der Waals surface area contributed by atoms with Crippen LogP contribution < -0.4 is 0 Å². The third-order valence-corrected chi connectivity index (χ3v) is 13.3. The third-order valence-electron chi connectivity index (χ3n) is 10.9. The first-order valence-corrected chi connectivity index (χ1v) is 16.3. The number of hydrogen-bond donors (Lipinski definition) is 0. The largest absolute Gasteiger partial charge is 0.294 e. The fraction of sp³-hybridized carbons (Fsp3) is 0.600. The van der Waals surface area contributed by atoms with Gasteiger partial charge in [-0.2, -0.15) is 8.42 Å². The van der Waals surface area contributed by atoms with E-state index in [4.69, 9.17) is 8.37 Å². The van der Waals surface area contributed by atoms with Gasteiger partial charge >= 0.3 is 0 Å². The van der Waals surface area contributed by atoms with Gasteiger partial charge in [0.1, 0.15) is 0 Å². The topological polar surface area (TPSA) is 104 Å². The second kappa shape index (κ2) is 9.29. The van der Waals surface area contributed by atoms with Crippen LogP contribution in [0.3, 0.4) is 0 Å². The maximum absolute atomic E-state index is 13.6. The summed E-state index contributed by atoms with van der Waals surface area (Å²) in [5, 5.41) is 0. The average molecular weight is 575 g/mol. The molecule has 1 aromatic rings. The van der Waals surface area contributed by atoms with Crippen LogP contribution in [-0.4, -0.2) is 49.9 Å². The number of carbonyl (C=O) groups is 2. The first-order chi connectivity index (χ1) is 18.2. The summed E-state index contributed by atoms with van der Waals surface area (Å²) in [6, 6.07) is 7.75. The molecule has 9 heteroatoms. The van der Waals surface area contributed by atoms with E-state index in [2.05, 4.69) is 13.8 Å². The predicted octanol–water partition coefficient (Wildman–Crippen LogP) is 4.75. The molecule has 1 aromatic carbocycles. The van der Waals surface area contributed by atoms with E-state index in [9.17, 15) is 22.2 Å². The quantitative estimate of drug-likeness (QED) is 0.326. The smallest absolute Gasteiger partial charge is 0.268 e. The van der Waals surface area contributed by atoms with Crippen LogP contribution in [0.4, 0.5) is 0 Å². The zero-order chi connectivity index (χ0) is 28.6. The lowest BCUT2D eigenvalue weighted by molar-refractivity contribution is -0.125. The van der Waals surface area contributed by atoms with Crippen molar-refractivity contribution in [3.8, 4) is 0 Å². The van der Waals surface area contributed by atoms with Crippen LogP contribution in [0.1, 0.15) is 64.5 Å². The van der Waals surface area contributed by atoms with Crippen molar-refractivity contribution in [1.29, 1.82) is 0 Å². The molecule has 0 saturated heterocycles. The molecular formula is C30H38O7S2. The average Bonchev–Trinajstić information content (AvgIpc) is 3.39. The van der Waals surface area contributed by atoms with Crippen molar-refractivity contribution >= 4 is 44.9 Å². The van der Waals surface area contributed by atoms with Crippen LogP contribution in [0.5, 0.6) is 0 Å². The van der Waals surface area contributed by atoms with Crippen LogP contribution in [0, 0.1) is 33.5 Å². The lowest BCUT2D eigenvalue weighted by Gasteiger charge is -2.35. The van der Waals surface area contributed by atoms with Gasteiger partial charge < -0.3 is 0 Å². The summed E-state index contributed by atoms with van der Waals surface area (Å²) < 4.78 is 46.8. The highest BCUT2D eigenvalue weighted by molar-refractivity contribution is 7.86. The Bertz CT molecular complexity index is 1420. The van der Waals surface area contributed by atoms with Gasteiger partial charge in [-0.1, -0.05) is 52.0 Å². The molecule has 4 aliphatic carbocycles. The van der Waals surface area contributed by atoms with Crippen LogP contribution in [0.15, 0.2) is 35.4 Å². The molecule has 212 valence electrons. The zero-order valence-electron chi connectivity index (χ0n) is 23.5. The summed E-state index contributed by atoms with van der Waals surface area (Å²) in [6.07, 6.45) is 6.77. The van der Waals surface area contributed by atoms with Crippen molar-refractivity contribution in [2.45, 2.75) is 53.4 Å². The Labute approximate surface area is 234 Å². The molecule has 4 saturated carbocycles. The van der Waals surface area contributed by atoms with Gasteiger partial charge in [-0.05, 0) is 71.6 Å². The minimum absolute atomic E-state index is 0.0124. The highest BCUT2D eigenvalue weighted by Gasteiger charge is 2.68. The maximum atomic E-state index is 13.6. The fourth-order valence-corrected chi connectivity index (χ4v) is 10.8. The lowest BCUT2D eigenvalue weighted by Crippen LogP contribution is -2.42. The Morgan fingerprint density at radius 2 is 1.28 bits per heavy atom. The molecule has 4 aliphatic rings. The number of hydrogen-bond acceptors (Lipinski definition) is 7. The number of rotatable bonds is 8. The summed E-state index contributed by atoms with van der Waals surface area (Å²) in [6.45, 7) is 8.19.